The highest BCUT2D eigenvalue weighted by molar-refractivity contribution is 7.91. The fourth-order valence-corrected chi connectivity index (χ4v) is 3.60. The number of nitrogens with two attached hydrogens (primary N) is 1. The molecule has 0 aromatic heterocycles. The van der Waals surface area contributed by atoms with E-state index in [1.165, 1.54) is 5.56 Å². The van der Waals surface area contributed by atoms with Crippen molar-refractivity contribution < 1.29 is 8.42 Å². The van der Waals surface area contributed by atoms with Gasteiger partial charge in [-0.15, -0.1) is 0 Å². The highest BCUT2D eigenvalue weighted by Crippen LogP contribution is 2.17. The van der Waals surface area contributed by atoms with E-state index in [-0.39, 0.29) is 11.5 Å². The summed E-state index contributed by atoms with van der Waals surface area (Å²) in [5.41, 5.74) is 9.27. The van der Waals surface area contributed by atoms with Gasteiger partial charge in [0.2, 0.25) is 0 Å². The highest BCUT2D eigenvalue weighted by atomic mass is 32.2. The van der Waals surface area contributed by atoms with Crippen LogP contribution in [0, 0.1) is 19.8 Å². The van der Waals surface area contributed by atoms with Crippen LogP contribution in [0.5, 0.6) is 0 Å². The van der Waals surface area contributed by atoms with Crippen molar-refractivity contribution >= 4 is 9.84 Å². The molecule has 2 N–H and O–H groups in total. The van der Waals surface area contributed by atoms with Gasteiger partial charge in [-0.05, 0) is 42.9 Å². The minimum absolute atomic E-state index is 0.0300. The first-order chi connectivity index (χ1) is 8.71. The van der Waals surface area contributed by atoms with E-state index >= 15 is 0 Å². The maximum atomic E-state index is 12.0. The summed E-state index contributed by atoms with van der Waals surface area (Å²) in [5, 5.41) is 0. The molecule has 1 aromatic carbocycles. The summed E-state index contributed by atoms with van der Waals surface area (Å²) in [6.45, 7) is 8.10. The zero-order valence-corrected chi connectivity index (χ0v) is 13.1. The van der Waals surface area contributed by atoms with E-state index < -0.39 is 15.9 Å². The molecule has 0 heterocycles. The molecule has 0 radical (unpaired) electrons. The van der Waals surface area contributed by atoms with Crippen LogP contribution < -0.4 is 5.73 Å². The van der Waals surface area contributed by atoms with Crippen LogP contribution in [-0.4, -0.2) is 19.9 Å². The lowest BCUT2D eigenvalue weighted by Gasteiger charge is -2.14. The maximum absolute atomic E-state index is 12.0. The Kier molecular flexibility index (Phi) is 5.56. The molecule has 1 unspecified atom stereocenters. The zero-order valence-electron chi connectivity index (χ0n) is 12.3. The van der Waals surface area contributed by atoms with Crippen LogP contribution in [0.25, 0.3) is 0 Å². The molecule has 0 aliphatic carbocycles. The van der Waals surface area contributed by atoms with Crippen molar-refractivity contribution in [2.75, 3.05) is 11.5 Å². The Morgan fingerprint density at radius 1 is 1.16 bits per heavy atom. The van der Waals surface area contributed by atoms with Gasteiger partial charge in [-0.25, -0.2) is 8.42 Å². The lowest BCUT2D eigenvalue weighted by Crippen LogP contribution is -2.24. The van der Waals surface area contributed by atoms with Gasteiger partial charge in [-0.3, -0.25) is 0 Å². The van der Waals surface area contributed by atoms with Crippen LogP contribution in [0.1, 0.15) is 43.0 Å². The van der Waals surface area contributed by atoms with Gasteiger partial charge in [0.1, 0.15) is 0 Å². The van der Waals surface area contributed by atoms with E-state index in [4.69, 9.17) is 5.73 Å². The van der Waals surface area contributed by atoms with Crippen LogP contribution >= 0.6 is 0 Å². The molecule has 1 atom stereocenters. The summed E-state index contributed by atoms with van der Waals surface area (Å²) >= 11 is 0. The summed E-state index contributed by atoms with van der Waals surface area (Å²) in [4.78, 5) is 0. The van der Waals surface area contributed by atoms with Crippen LogP contribution in [-0.2, 0) is 9.84 Å². The van der Waals surface area contributed by atoms with Crippen molar-refractivity contribution in [2.24, 2.45) is 11.7 Å². The van der Waals surface area contributed by atoms with Gasteiger partial charge in [0.05, 0.1) is 11.5 Å². The monoisotopic (exact) mass is 283 g/mol. The van der Waals surface area contributed by atoms with Crippen molar-refractivity contribution in [1.29, 1.82) is 0 Å². The molecule has 0 amide bonds. The lowest BCUT2D eigenvalue weighted by molar-refractivity contribution is 0.568. The second-order valence-corrected chi connectivity index (χ2v) is 7.98. The average molecular weight is 283 g/mol. The molecule has 0 spiro atoms. The number of benzene rings is 1. The second-order valence-electron chi connectivity index (χ2n) is 5.75. The van der Waals surface area contributed by atoms with E-state index in [0.717, 1.165) is 11.1 Å². The molecule has 0 bridgehead atoms. The number of aryl methyl sites for hydroxylation is 2. The summed E-state index contributed by atoms with van der Waals surface area (Å²) in [5.74, 6) is 0.651. The summed E-state index contributed by atoms with van der Waals surface area (Å²) in [6.07, 6.45) is 0.696. The molecular formula is C15H25NO2S. The molecule has 0 aliphatic rings. The Balaban J connectivity index is 2.73. The van der Waals surface area contributed by atoms with Crippen molar-refractivity contribution in [2.45, 2.75) is 40.2 Å². The van der Waals surface area contributed by atoms with Gasteiger partial charge in [-0.2, -0.15) is 0 Å². The SMILES string of the molecule is Cc1ccc(C(N)CS(=O)(=O)CCC(C)C)cc1C. The highest BCUT2D eigenvalue weighted by Gasteiger charge is 2.18. The normalized spacial score (nSPS) is 13.8. The third-order valence-electron chi connectivity index (χ3n) is 3.40. The second kappa shape index (κ2) is 6.53. The third kappa shape index (κ3) is 5.33. The zero-order chi connectivity index (χ0) is 14.6. The molecule has 19 heavy (non-hydrogen) atoms. The Morgan fingerprint density at radius 3 is 2.32 bits per heavy atom. The van der Waals surface area contributed by atoms with Crippen LogP contribution in [0.4, 0.5) is 0 Å². The van der Waals surface area contributed by atoms with E-state index in [2.05, 4.69) is 0 Å². The van der Waals surface area contributed by atoms with E-state index in [0.29, 0.717) is 12.3 Å². The van der Waals surface area contributed by atoms with E-state index in [1.807, 2.05) is 45.9 Å². The molecule has 108 valence electrons. The molecule has 0 saturated carbocycles. The van der Waals surface area contributed by atoms with Crippen LogP contribution in [0.2, 0.25) is 0 Å². The van der Waals surface area contributed by atoms with Crippen molar-refractivity contribution in [1.82, 2.24) is 0 Å². The Labute approximate surface area is 117 Å². The van der Waals surface area contributed by atoms with Gasteiger partial charge in [0.25, 0.3) is 0 Å². The van der Waals surface area contributed by atoms with E-state index in [1.54, 1.807) is 0 Å². The number of hydrogen-bond donors (Lipinski definition) is 1. The summed E-state index contributed by atoms with van der Waals surface area (Å²) in [7, 11) is -3.07. The predicted octanol–water partition coefficient (Wildman–Crippen LogP) is 2.76. The smallest absolute Gasteiger partial charge is 0.152 e. The first kappa shape index (κ1) is 16.2. The summed E-state index contributed by atoms with van der Waals surface area (Å²) < 4.78 is 24.0. The molecule has 0 aliphatic heterocycles. The average Bonchev–Trinajstić information content (AvgIpc) is 2.29. The topological polar surface area (TPSA) is 60.2 Å². The third-order valence-corrected chi connectivity index (χ3v) is 5.12. The number of hydrogen-bond acceptors (Lipinski definition) is 3. The minimum atomic E-state index is -3.07. The number of sulfone groups is 1. The fraction of sp³-hybridized carbons (Fsp3) is 0.600. The van der Waals surface area contributed by atoms with Crippen molar-refractivity contribution in [3.05, 3.63) is 34.9 Å². The molecule has 4 heteroatoms. The van der Waals surface area contributed by atoms with Crippen molar-refractivity contribution in [3.63, 3.8) is 0 Å². The van der Waals surface area contributed by atoms with Gasteiger partial charge in [0.15, 0.2) is 9.84 Å². The van der Waals surface area contributed by atoms with Gasteiger partial charge in [-0.1, -0.05) is 32.0 Å². The summed E-state index contributed by atoms with van der Waals surface area (Å²) in [6, 6.07) is 5.46. The van der Waals surface area contributed by atoms with Crippen LogP contribution in [0.3, 0.4) is 0 Å². The Bertz CT molecular complexity index is 521. The van der Waals surface area contributed by atoms with E-state index in [9.17, 15) is 8.42 Å². The first-order valence-electron chi connectivity index (χ1n) is 6.74. The fourth-order valence-electron chi connectivity index (χ4n) is 1.86. The predicted molar refractivity (Wildman–Crippen MR) is 81.0 cm³/mol. The molecule has 3 nitrogen and oxygen atoms in total. The number of rotatable bonds is 6. The van der Waals surface area contributed by atoms with Crippen molar-refractivity contribution in [3.8, 4) is 0 Å². The van der Waals surface area contributed by atoms with Crippen LogP contribution in [0.15, 0.2) is 18.2 Å². The van der Waals surface area contributed by atoms with Gasteiger partial charge >= 0.3 is 0 Å². The largest absolute Gasteiger partial charge is 0.323 e. The van der Waals surface area contributed by atoms with Gasteiger partial charge < -0.3 is 5.73 Å². The molecule has 1 aromatic rings. The maximum Gasteiger partial charge on any atom is 0.152 e. The molecule has 0 saturated heterocycles. The Hall–Kier alpha value is -0.870. The molecular weight excluding hydrogens is 258 g/mol. The quantitative estimate of drug-likeness (QED) is 0.873. The first-order valence-corrected chi connectivity index (χ1v) is 8.56. The molecule has 1 rings (SSSR count). The minimum Gasteiger partial charge on any atom is -0.323 e. The molecule has 0 fully saturated rings. The van der Waals surface area contributed by atoms with Gasteiger partial charge in [0, 0.05) is 6.04 Å². The lowest BCUT2D eigenvalue weighted by atomic mass is 10.0. The Morgan fingerprint density at radius 2 is 1.79 bits per heavy atom. The standard InChI is InChI=1S/C15H25NO2S/c1-11(2)7-8-19(17,18)10-15(16)14-6-5-12(3)13(4)9-14/h5-6,9,11,15H,7-8,10,16H2,1-4H3.